The van der Waals surface area contributed by atoms with Gasteiger partial charge in [0.25, 0.3) is 0 Å². The minimum atomic E-state index is 0.207. The second kappa shape index (κ2) is 5.01. The standard InChI is InChI=1S/C17H28N2O/c18-9-10-3-1-5-13(10)17(20)19-16-8-11-7-15(16)14-6-2-4-12(11)14/h10-16H,1-9,18H2,(H,19,20). The van der Waals surface area contributed by atoms with Crippen LogP contribution in [0.3, 0.4) is 0 Å². The molecule has 0 spiro atoms. The number of carbonyl (C=O) groups is 1. The van der Waals surface area contributed by atoms with Crippen LogP contribution in [0.4, 0.5) is 0 Å². The molecule has 4 aliphatic carbocycles. The molecular weight excluding hydrogens is 248 g/mol. The van der Waals surface area contributed by atoms with E-state index in [0.29, 0.717) is 24.4 Å². The molecule has 7 atom stereocenters. The van der Waals surface area contributed by atoms with Gasteiger partial charge in [0.1, 0.15) is 0 Å². The van der Waals surface area contributed by atoms with Gasteiger partial charge in [-0.3, -0.25) is 4.79 Å². The van der Waals surface area contributed by atoms with E-state index in [1.165, 1.54) is 38.5 Å². The molecule has 4 fully saturated rings. The van der Waals surface area contributed by atoms with E-state index in [0.717, 1.165) is 36.5 Å². The normalized spacial score (nSPS) is 49.5. The Hall–Kier alpha value is -0.570. The van der Waals surface area contributed by atoms with E-state index >= 15 is 0 Å². The summed E-state index contributed by atoms with van der Waals surface area (Å²) >= 11 is 0. The molecule has 3 N–H and O–H groups in total. The van der Waals surface area contributed by atoms with Gasteiger partial charge in [0.2, 0.25) is 5.91 Å². The quantitative estimate of drug-likeness (QED) is 0.831. The Kier molecular flexibility index (Phi) is 3.29. The topological polar surface area (TPSA) is 55.1 Å². The summed E-state index contributed by atoms with van der Waals surface area (Å²) in [7, 11) is 0. The summed E-state index contributed by atoms with van der Waals surface area (Å²) in [5.41, 5.74) is 5.82. The van der Waals surface area contributed by atoms with Crippen LogP contribution in [0.5, 0.6) is 0 Å². The van der Waals surface area contributed by atoms with E-state index in [4.69, 9.17) is 5.73 Å². The molecule has 2 bridgehead atoms. The van der Waals surface area contributed by atoms with Crippen LogP contribution < -0.4 is 11.1 Å². The van der Waals surface area contributed by atoms with Crippen LogP contribution in [0.15, 0.2) is 0 Å². The van der Waals surface area contributed by atoms with Crippen LogP contribution in [-0.4, -0.2) is 18.5 Å². The molecule has 4 rings (SSSR count). The van der Waals surface area contributed by atoms with Crippen molar-refractivity contribution in [2.45, 2.75) is 57.4 Å². The zero-order chi connectivity index (χ0) is 13.7. The fourth-order valence-corrected chi connectivity index (χ4v) is 6.19. The van der Waals surface area contributed by atoms with E-state index in [1.807, 2.05) is 0 Å². The lowest BCUT2D eigenvalue weighted by molar-refractivity contribution is -0.127. The lowest BCUT2D eigenvalue weighted by Gasteiger charge is -2.33. The van der Waals surface area contributed by atoms with E-state index in [2.05, 4.69) is 5.32 Å². The van der Waals surface area contributed by atoms with Crippen molar-refractivity contribution in [1.29, 1.82) is 0 Å². The number of hydrogen-bond acceptors (Lipinski definition) is 2. The lowest BCUT2D eigenvalue weighted by Crippen LogP contribution is -2.46. The summed E-state index contributed by atoms with van der Waals surface area (Å²) in [5.74, 6) is 4.64. The predicted molar refractivity (Wildman–Crippen MR) is 78.9 cm³/mol. The third-order valence-electron chi connectivity index (χ3n) is 7.05. The van der Waals surface area contributed by atoms with Gasteiger partial charge in [0, 0.05) is 12.0 Å². The molecule has 1 amide bonds. The fourth-order valence-electron chi connectivity index (χ4n) is 6.19. The minimum Gasteiger partial charge on any atom is -0.353 e. The highest BCUT2D eigenvalue weighted by Crippen LogP contribution is 2.58. The van der Waals surface area contributed by atoms with Crippen LogP contribution in [0, 0.1) is 35.5 Å². The average Bonchev–Trinajstić information content (AvgIpc) is 3.19. The van der Waals surface area contributed by atoms with Crippen LogP contribution in [0.1, 0.15) is 51.4 Å². The Morgan fingerprint density at radius 1 is 1.00 bits per heavy atom. The molecule has 0 aliphatic heterocycles. The Balaban J connectivity index is 1.39. The summed E-state index contributed by atoms with van der Waals surface area (Å²) in [4.78, 5) is 12.6. The van der Waals surface area contributed by atoms with Crippen molar-refractivity contribution in [2.75, 3.05) is 6.54 Å². The Morgan fingerprint density at radius 2 is 1.80 bits per heavy atom. The molecule has 0 aromatic heterocycles. The second-order valence-corrected chi connectivity index (χ2v) is 7.80. The monoisotopic (exact) mass is 276 g/mol. The van der Waals surface area contributed by atoms with Gasteiger partial charge >= 0.3 is 0 Å². The van der Waals surface area contributed by atoms with E-state index < -0.39 is 0 Å². The van der Waals surface area contributed by atoms with Gasteiger partial charge in [-0.2, -0.15) is 0 Å². The first-order valence-electron chi connectivity index (χ1n) is 8.78. The Bertz CT molecular complexity index is 396. The summed E-state index contributed by atoms with van der Waals surface area (Å²) < 4.78 is 0. The molecule has 0 aromatic rings. The summed E-state index contributed by atoms with van der Waals surface area (Å²) in [6.45, 7) is 0.680. The highest BCUT2D eigenvalue weighted by Gasteiger charge is 2.54. The van der Waals surface area contributed by atoms with Crippen molar-refractivity contribution in [2.24, 2.45) is 41.2 Å². The third-order valence-corrected chi connectivity index (χ3v) is 7.05. The molecular formula is C17H28N2O. The van der Waals surface area contributed by atoms with Gasteiger partial charge in [-0.1, -0.05) is 12.8 Å². The lowest BCUT2D eigenvalue weighted by atomic mass is 9.79. The summed E-state index contributed by atoms with van der Waals surface area (Å²) in [5, 5.41) is 3.43. The number of amides is 1. The molecule has 3 heteroatoms. The maximum Gasteiger partial charge on any atom is 0.223 e. The Morgan fingerprint density at radius 3 is 2.65 bits per heavy atom. The number of fused-ring (bicyclic) bond motifs is 5. The summed E-state index contributed by atoms with van der Waals surface area (Å²) in [6, 6.07) is 0.492. The molecule has 0 aromatic carbocycles. The number of nitrogens with two attached hydrogens (primary N) is 1. The van der Waals surface area contributed by atoms with Gasteiger partial charge in [0.05, 0.1) is 0 Å². The van der Waals surface area contributed by atoms with Crippen LogP contribution in [0.2, 0.25) is 0 Å². The van der Waals surface area contributed by atoms with Gasteiger partial charge < -0.3 is 11.1 Å². The van der Waals surface area contributed by atoms with Crippen LogP contribution >= 0.6 is 0 Å². The molecule has 3 nitrogen and oxygen atoms in total. The molecule has 20 heavy (non-hydrogen) atoms. The zero-order valence-electron chi connectivity index (χ0n) is 12.4. The number of hydrogen-bond donors (Lipinski definition) is 2. The van der Waals surface area contributed by atoms with Crippen molar-refractivity contribution >= 4 is 5.91 Å². The maximum atomic E-state index is 12.6. The Labute approximate surface area is 122 Å². The molecule has 4 aliphatic rings. The molecule has 0 saturated heterocycles. The number of nitrogens with one attached hydrogen (secondary N) is 1. The van der Waals surface area contributed by atoms with Crippen LogP contribution in [-0.2, 0) is 4.79 Å². The molecule has 0 radical (unpaired) electrons. The molecule has 7 unspecified atom stereocenters. The second-order valence-electron chi connectivity index (χ2n) is 7.80. The molecule has 112 valence electrons. The van der Waals surface area contributed by atoms with E-state index in [9.17, 15) is 4.79 Å². The zero-order valence-corrected chi connectivity index (χ0v) is 12.4. The van der Waals surface area contributed by atoms with Gasteiger partial charge in [-0.15, -0.1) is 0 Å². The van der Waals surface area contributed by atoms with E-state index in [1.54, 1.807) is 0 Å². The SMILES string of the molecule is NCC1CCCC1C(=O)NC1CC2CC1C1CCCC21. The maximum absolute atomic E-state index is 12.6. The largest absolute Gasteiger partial charge is 0.353 e. The first-order chi connectivity index (χ1) is 9.78. The highest BCUT2D eigenvalue weighted by molar-refractivity contribution is 5.79. The van der Waals surface area contributed by atoms with Crippen LogP contribution in [0.25, 0.3) is 0 Å². The first-order valence-corrected chi connectivity index (χ1v) is 8.78. The van der Waals surface area contributed by atoms with Gasteiger partial charge in [0.15, 0.2) is 0 Å². The highest BCUT2D eigenvalue weighted by atomic mass is 16.2. The van der Waals surface area contributed by atoms with Crippen molar-refractivity contribution in [3.8, 4) is 0 Å². The minimum absolute atomic E-state index is 0.207. The molecule has 0 heterocycles. The number of carbonyl (C=O) groups excluding carboxylic acids is 1. The predicted octanol–water partition coefficient (Wildman–Crippen LogP) is 2.30. The van der Waals surface area contributed by atoms with Crippen molar-refractivity contribution < 1.29 is 4.79 Å². The van der Waals surface area contributed by atoms with Crippen molar-refractivity contribution in [1.82, 2.24) is 5.32 Å². The molecule has 4 saturated carbocycles. The van der Waals surface area contributed by atoms with Gasteiger partial charge in [-0.25, -0.2) is 0 Å². The first kappa shape index (κ1) is 13.1. The number of rotatable bonds is 3. The average molecular weight is 276 g/mol. The summed E-state index contributed by atoms with van der Waals surface area (Å²) in [6.07, 6.45) is 10.4. The van der Waals surface area contributed by atoms with Crippen molar-refractivity contribution in [3.63, 3.8) is 0 Å². The smallest absolute Gasteiger partial charge is 0.223 e. The fraction of sp³-hybridized carbons (Fsp3) is 0.941. The third kappa shape index (κ3) is 1.93. The van der Waals surface area contributed by atoms with Gasteiger partial charge in [-0.05, 0) is 74.7 Å². The van der Waals surface area contributed by atoms with Crippen molar-refractivity contribution in [3.05, 3.63) is 0 Å². The van der Waals surface area contributed by atoms with E-state index in [-0.39, 0.29) is 5.92 Å².